The van der Waals surface area contributed by atoms with Crippen LogP contribution in [0.1, 0.15) is 6.92 Å². The van der Waals surface area contributed by atoms with Crippen LogP contribution in [-0.4, -0.2) is 28.5 Å². The maximum atomic E-state index is 12.3. The Hall–Kier alpha value is -2.58. The molecule has 26 heavy (non-hydrogen) atoms. The first kappa shape index (κ1) is 18.2. The number of methoxy groups -OCH3 is 1. The summed E-state index contributed by atoms with van der Waals surface area (Å²) in [6.45, 7) is 1.85. The van der Waals surface area contributed by atoms with Crippen molar-refractivity contribution in [1.29, 1.82) is 0 Å². The van der Waals surface area contributed by atoms with E-state index in [0.717, 1.165) is 21.5 Å². The molecule has 1 heterocycles. The van der Waals surface area contributed by atoms with Gasteiger partial charge in [0.15, 0.2) is 4.34 Å². The number of ether oxygens (including phenoxy) is 1. The van der Waals surface area contributed by atoms with Gasteiger partial charge in [-0.1, -0.05) is 47.4 Å². The highest BCUT2D eigenvalue weighted by Gasteiger charge is 2.17. The largest absolute Gasteiger partial charge is 0.497 e. The third kappa shape index (κ3) is 4.96. The summed E-state index contributed by atoms with van der Waals surface area (Å²) >= 11 is 2.78. The molecule has 2 aromatic carbocycles. The number of carbonyl (C=O) groups excluding carboxylic acids is 1. The third-order valence-corrected chi connectivity index (χ3v) is 5.44. The Bertz CT molecular complexity index is 870. The van der Waals surface area contributed by atoms with Crippen LogP contribution in [0.5, 0.6) is 5.75 Å². The first-order chi connectivity index (χ1) is 12.6. The summed E-state index contributed by atoms with van der Waals surface area (Å²) < 4.78 is 5.93. The van der Waals surface area contributed by atoms with Gasteiger partial charge in [0.2, 0.25) is 11.0 Å². The first-order valence-electron chi connectivity index (χ1n) is 7.91. The van der Waals surface area contributed by atoms with Gasteiger partial charge in [0.25, 0.3) is 0 Å². The van der Waals surface area contributed by atoms with Crippen molar-refractivity contribution < 1.29 is 9.53 Å². The highest BCUT2D eigenvalue weighted by atomic mass is 32.2. The maximum absolute atomic E-state index is 12.3. The molecule has 1 atom stereocenters. The number of para-hydroxylation sites is 1. The Morgan fingerprint density at radius 2 is 1.88 bits per heavy atom. The van der Waals surface area contributed by atoms with Gasteiger partial charge in [0, 0.05) is 17.4 Å². The Balaban J connectivity index is 1.58. The molecule has 0 saturated heterocycles. The molecule has 0 unspecified atom stereocenters. The Kier molecular flexibility index (Phi) is 6.08. The van der Waals surface area contributed by atoms with Gasteiger partial charge in [-0.05, 0) is 31.2 Å². The molecular weight excluding hydrogens is 368 g/mol. The SMILES string of the molecule is COc1cccc(Nc2nnc(S[C@@H](C)C(=O)Nc3ccccc3)s2)c1. The first-order valence-corrected chi connectivity index (χ1v) is 9.61. The Labute approximate surface area is 160 Å². The molecule has 1 amide bonds. The second kappa shape index (κ2) is 8.68. The van der Waals surface area contributed by atoms with E-state index >= 15 is 0 Å². The molecule has 0 aliphatic carbocycles. The number of nitrogens with one attached hydrogen (secondary N) is 2. The number of benzene rings is 2. The zero-order valence-electron chi connectivity index (χ0n) is 14.3. The lowest BCUT2D eigenvalue weighted by molar-refractivity contribution is -0.115. The second-order valence-corrected chi connectivity index (χ2v) is 7.91. The van der Waals surface area contributed by atoms with Crippen molar-refractivity contribution in [2.45, 2.75) is 16.5 Å². The fourth-order valence-corrected chi connectivity index (χ4v) is 4.02. The summed E-state index contributed by atoms with van der Waals surface area (Å²) in [4.78, 5) is 12.3. The van der Waals surface area contributed by atoms with Crippen LogP contribution in [0.4, 0.5) is 16.5 Å². The average Bonchev–Trinajstić information content (AvgIpc) is 3.09. The summed E-state index contributed by atoms with van der Waals surface area (Å²) in [5, 5.41) is 14.7. The number of rotatable bonds is 7. The number of hydrogen-bond acceptors (Lipinski definition) is 7. The van der Waals surface area contributed by atoms with E-state index in [9.17, 15) is 4.79 Å². The molecule has 6 nitrogen and oxygen atoms in total. The topological polar surface area (TPSA) is 76.1 Å². The fraction of sp³-hybridized carbons (Fsp3) is 0.167. The molecule has 0 fully saturated rings. The lowest BCUT2D eigenvalue weighted by Gasteiger charge is -2.09. The minimum Gasteiger partial charge on any atom is -0.497 e. The van der Waals surface area contributed by atoms with Gasteiger partial charge in [-0.3, -0.25) is 4.79 Å². The standard InChI is InChI=1S/C18H18N4O2S2/c1-12(16(23)19-13-7-4-3-5-8-13)25-18-22-21-17(26-18)20-14-9-6-10-15(11-14)24-2/h3-12H,1-2H3,(H,19,23)(H,20,21)/t12-/m0/s1. The number of hydrogen-bond donors (Lipinski definition) is 2. The quantitative estimate of drug-likeness (QED) is 0.586. The van der Waals surface area contributed by atoms with E-state index in [1.165, 1.54) is 23.1 Å². The number of anilines is 3. The number of nitrogens with zero attached hydrogens (tertiary/aromatic N) is 2. The van der Waals surface area contributed by atoms with E-state index in [1.807, 2.05) is 61.5 Å². The van der Waals surface area contributed by atoms with E-state index in [2.05, 4.69) is 20.8 Å². The van der Waals surface area contributed by atoms with Gasteiger partial charge < -0.3 is 15.4 Å². The van der Waals surface area contributed by atoms with Crippen LogP contribution in [0.3, 0.4) is 0 Å². The van der Waals surface area contributed by atoms with Gasteiger partial charge in [0.1, 0.15) is 5.75 Å². The lowest BCUT2D eigenvalue weighted by atomic mass is 10.3. The molecule has 0 radical (unpaired) electrons. The van der Waals surface area contributed by atoms with Crippen molar-refractivity contribution in [3.63, 3.8) is 0 Å². The molecule has 2 N–H and O–H groups in total. The number of amides is 1. The molecule has 3 rings (SSSR count). The van der Waals surface area contributed by atoms with E-state index in [-0.39, 0.29) is 11.2 Å². The molecule has 134 valence electrons. The maximum Gasteiger partial charge on any atom is 0.237 e. The molecule has 8 heteroatoms. The van der Waals surface area contributed by atoms with E-state index in [1.54, 1.807) is 7.11 Å². The molecule has 0 bridgehead atoms. The summed E-state index contributed by atoms with van der Waals surface area (Å²) in [6, 6.07) is 17.0. The van der Waals surface area contributed by atoms with Crippen molar-refractivity contribution in [2.75, 3.05) is 17.7 Å². The van der Waals surface area contributed by atoms with E-state index in [4.69, 9.17) is 4.74 Å². The molecule has 0 aliphatic heterocycles. The van der Waals surface area contributed by atoms with Crippen molar-refractivity contribution in [2.24, 2.45) is 0 Å². The summed E-state index contributed by atoms with van der Waals surface area (Å²) in [5.74, 6) is 0.694. The minimum atomic E-state index is -0.284. The van der Waals surface area contributed by atoms with Gasteiger partial charge >= 0.3 is 0 Å². The minimum absolute atomic E-state index is 0.0706. The predicted molar refractivity (Wildman–Crippen MR) is 107 cm³/mol. The zero-order valence-corrected chi connectivity index (χ0v) is 15.9. The lowest BCUT2D eigenvalue weighted by Crippen LogP contribution is -2.22. The number of carbonyl (C=O) groups is 1. The van der Waals surface area contributed by atoms with Crippen LogP contribution in [0.2, 0.25) is 0 Å². The monoisotopic (exact) mass is 386 g/mol. The predicted octanol–water partition coefficient (Wildman–Crippen LogP) is 4.41. The Morgan fingerprint density at radius 1 is 1.12 bits per heavy atom. The zero-order chi connectivity index (χ0) is 18.4. The normalized spacial score (nSPS) is 11.6. The van der Waals surface area contributed by atoms with Crippen molar-refractivity contribution in [3.8, 4) is 5.75 Å². The third-order valence-electron chi connectivity index (χ3n) is 3.42. The smallest absolute Gasteiger partial charge is 0.237 e. The van der Waals surface area contributed by atoms with Gasteiger partial charge in [-0.15, -0.1) is 10.2 Å². The van der Waals surface area contributed by atoms with Gasteiger partial charge in [0.05, 0.1) is 12.4 Å². The summed E-state index contributed by atoms with van der Waals surface area (Å²) in [7, 11) is 1.63. The number of thioether (sulfide) groups is 1. The Morgan fingerprint density at radius 3 is 2.65 bits per heavy atom. The van der Waals surface area contributed by atoms with Crippen LogP contribution >= 0.6 is 23.1 Å². The molecule has 0 saturated carbocycles. The van der Waals surface area contributed by atoms with E-state index < -0.39 is 0 Å². The fourth-order valence-electron chi connectivity index (χ4n) is 2.10. The highest BCUT2D eigenvalue weighted by Crippen LogP contribution is 2.31. The number of aromatic nitrogens is 2. The molecule has 3 aromatic rings. The van der Waals surface area contributed by atoms with Crippen LogP contribution in [0.15, 0.2) is 58.9 Å². The van der Waals surface area contributed by atoms with E-state index in [0.29, 0.717) is 5.13 Å². The van der Waals surface area contributed by atoms with Crippen LogP contribution in [-0.2, 0) is 4.79 Å². The molecule has 1 aromatic heterocycles. The van der Waals surface area contributed by atoms with Crippen molar-refractivity contribution >= 4 is 45.5 Å². The van der Waals surface area contributed by atoms with Crippen LogP contribution in [0.25, 0.3) is 0 Å². The van der Waals surface area contributed by atoms with Gasteiger partial charge in [-0.25, -0.2) is 0 Å². The molecule has 0 spiro atoms. The van der Waals surface area contributed by atoms with Crippen LogP contribution < -0.4 is 15.4 Å². The average molecular weight is 387 g/mol. The molecule has 0 aliphatic rings. The summed E-state index contributed by atoms with van der Waals surface area (Å²) in [5.41, 5.74) is 1.65. The van der Waals surface area contributed by atoms with Crippen LogP contribution in [0, 0.1) is 0 Å². The highest BCUT2D eigenvalue weighted by molar-refractivity contribution is 8.02. The summed E-state index contributed by atoms with van der Waals surface area (Å²) in [6.07, 6.45) is 0. The molecular formula is C18H18N4O2S2. The second-order valence-electron chi connectivity index (χ2n) is 5.35. The van der Waals surface area contributed by atoms with Crippen molar-refractivity contribution in [1.82, 2.24) is 10.2 Å². The van der Waals surface area contributed by atoms with Gasteiger partial charge in [-0.2, -0.15) is 0 Å². The van der Waals surface area contributed by atoms with Crippen molar-refractivity contribution in [3.05, 3.63) is 54.6 Å².